The molecule has 2 saturated heterocycles. The van der Waals surface area contributed by atoms with Crippen LogP contribution in [0.5, 0.6) is 0 Å². The van der Waals surface area contributed by atoms with Gasteiger partial charge in [-0.1, -0.05) is 42.5 Å². The predicted molar refractivity (Wildman–Crippen MR) is 176 cm³/mol. The molecular weight excluding hydrogens is 578 g/mol. The van der Waals surface area contributed by atoms with Crippen LogP contribution >= 0.6 is 0 Å². The number of anilines is 3. The van der Waals surface area contributed by atoms with Crippen LogP contribution in [0.3, 0.4) is 0 Å². The fourth-order valence-corrected chi connectivity index (χ4v) is 6.11. The Morgan fingerprint density at radius 2 is 1.72 bits per heavy atom. The van der Waals surface area contributed by atoms with Crippen molar-refractivity contribution in [2.24, 2.45) is 0 Å². The van der Waals surface area contributed by atoms with Gasteiger partial charge in [-0.25, -0.2) is 19.7 Å². The quantitative estimate of drug-likeness (QED) is 0.216. The molecule has 5 heterocycles. The molecular formula is C36H35N7O3. The topological polar surface area (TPSA) is 106 Å². The molecule has 3 aromatic heterocycles. The number of hydrogen-bond donors (Lipinski definition) is 1. The van der Waals surface area contributed by atoms with Crippen LogP contribution in [0, 0.1) is 0 Å². The Hall–Kier alpha value is -5.09. The molecule has 0 bridgehead atoms. The average molecular weight is 614 g/mol. The highest BCUT2D eigenvalue weighted by molar-refractivity contribution is 5.94. The zero-order valence-electron chi connectivity index (χ0n) is 25.5. The second-order valence-corrected chi connectivity index (χ2v) is 12.2. The number of ether oxygens (including phenoxy) is 2. The summed E-state index contributed by atoms with van der Waals surface area (Å²) in [7, 11) is 0. The van der Waals surface area contributed by atoms with Crippen LogP contribution in [-0.4, -0.2) is 70.3 Å². The molecule has 0 spiro atoms. The van der Waals surface area contributed by atoms with Crippen LogP contribution in [0.2, 0.25) is 0 Å². The minimum Gasteiger partial charge on any atom is -0.445 e. The number of hydrogen-bond acceptors (Lipinski definition) is 9. The van der Waals surface area contributed by atoms with Gasteiger partial charge in [0.1, 0.15) is 18.2 Å². The molecule has 0 radical (unpaired) electrons. The van der Waals surface area contributed by atoms with Gasteiger partial charge < -0.3 is 24.6 Å². The number of piperazine rings is 1. The van der Waals surface area contributed by atoms with Crippen molar-refractivity contribution < 1.29 is 14.3 Å². The molecule has 5 aromatic rings. The molecule has 2 aliphatic heterocycles. The molecule has 1 aliphatic carbocycles. The number of aromatic nitrogens is 4. The Morgan fingerprint density at radius 3 is 2.46 bits per heavy atom. The van der Waals surface area contributed by atoms with E-state index in [9.17, 15) is 4.79 Å². The Kier molecular flexibility index (Phi) is 7.63. The third-order valence-corrected chi connectivity index (χ3v) is 8.99. The van der Waals surface area contributed by atoms with E-state index in [-0.39, 0.29) is 12.7 Å². The Balaban J connectivity index is 1.04. The van der Waals surface area contributed by atoms with Crippen molar-refractivity contribution in [2.45, 2.75) is 31.3 Å². The first-order valence-corrected chi connectivity index (χ1v) is 16.0. The predicted octanol–water partition coefficient (Wildman–Crippen LogP) is 6.28. The zero-order chi connectivity index (χ0) is 30.9. The zero-order valence-corrected chi connectivity index (χ0v) is 25.5. The smallest absolute Gasteiger partial charge is 0.410 e. The molecule has 10 nitrogen and oxygen atoms in total. The van der Waals surface area contributed by atoms with E-state index in [4.69, 9.17) is 19.4 Å². The molecule has 46 heavy (non-hydrogen) atoms. The van der Waals surface area contributed by atoms with E-state index in [1.165, 1.54) is 11.1 Å². The lowest BCUT2D eigenvalue weighted by Gasteiger charge is -2.35. The number of amides is 1. The highest BCUT2D eigenvalue weighted by Crippen LogP contribution is 2.45. The summed E-state index contributed by atoms with van der Waals surface area (Å²) in [5.74, 6) is 3.20. The third-order valence-electron chi connectivity index (χ3n) is 8.99. The van der Waals surface area contributed by atoms with Crippen LogP contribution in [0.25, 0.3) is 22.3 Å². The maximum Gasteiger partial charge on any atom is 0.410 e. The summed E-state index contributed by atoms with van der Waals surface area (Å²) >= 11 is 0. The number of pyridine rings is 2. The van der Waals surface area contributed by atoms with Crippen molar-refractivity contribution in [2.75, 3.05) is 49.6 Å². The van der Waals surface area contributed by atoms with E-state index >= 15 is 0 Å². The fraction of sp³-hybridized carbons (Fsp3) is 0.306. The van der Waals surface area contributed by atoms with E-state index in [2.05, 4.69) is 44.5 Å². The van der Waals surface area contributed by atoms with E-state index < -0.39 is 0 Å². The van der Waals surface area contributed by atoms with Crippen LogP contribution in [-0.2, 0) is 16.1 Å². The molecule has 2 aromatic carbocycles. The summed E-state index contributed by atoms with van der Waals surface area (Å²) in [6.07, 6.45) is 7.60. The summed E-state index contributed by atoms with van der Waals surface area (Å²) in [5.41, 5.74) is 6.13. The van der Waals surface area contributed by atoms with Gasteiger partial charge in [0.2, 0.25) is 0 Å². The van der Waals surface area contributed by atoms with Crippen molar-refractivity contribution in [1.29, 1.82) is 0 Å². The first-order valence-electron chi connectivity index (χ1n) is 16.0. The average Bonchev–Trinajstić information content (AvgIpc) is 3.93. The standard InChI is InChI=1S/C36H35N7O3/c44-36(46-21-24-4-2-1-3-5-24)43-16-14-42(15-17-43)35-33-30(26-6-7-26)19-37-20-31(33)40-34(41-35)27-12-13-38-32(18-27)39-29-10-8-25(9-11-29)28-22-45-23-28/h1-5,8-13,18-20,26,28H,6-7,14-17,21-23H2,(H,38,39). The SMILES string of the molecule is O=C(OCc1ccccc1)N1CCN(c2nc(-c3ccnc(Nc4ccc(C5COC5)cc4)c3)nc3cncc(C4CC4)c23)CC1. The van der Waals surface area contributed by atoms with Crippen molar-refractivity contribution in [3.63, 3.8) is 0 Å². The minimum atomic E-state index is -0.289. The minimum absolute atomic E-state index is 0.265. The molecule has 3 fully saturated rings. The molecule has 0 unspecified atom stereocenters. The Morgan fingerprint density at radius 1 is 0.913 bits per heavy atom. The first kappa shape index (κ1) is 28.4. The van der Waals surface area contributed by atoms with Crippen LogP contribution in [0.1, 0.15) is 41.4 Å². The van der Waals surface area contributed by atoms with Crippen molar-refractivity contribution >= 4 is 34.3 Å². The lowest BCUT2D eigenvalue weighted by atomic mass is 9.97. The van der Waals surface area contributed by atoms with Crippen molar-refractivity contribution in [3.05, 3.63) is 102 Å². The summed E-state index contributed by atoms with van der Waals surface area (Å²) in [6.45, 7) is 4.23. The Bertz CT molecular complexity index is 1850. The third kappa shape index (κ3) is 5.95. The maximum atomic E-state index is 12.9. The van der Waals surface area contributed by atoms with Gasteiger partial charge in [-0.3, -0.25) is 4.98 Å². The van der Waals surface area contributed by atoms with Crippen LogP contribution < -0.4 is 10.2 Å². The number of rotatable bonds is 8. The fourth-order valence-electron chi connectivity index (χ4n) is 6.11. The van der Waals surface area contributed by atoms with E-state index in [1.54, 1.807) is 11.1 Å². The molecule has 232 valence electrons. The normalized spacial score (nSPS) is 16.7. The molecule has 1 amide bonds. The highest BCUT2D eigenvalue weighted by atomic mass is 16.6. The number of carbonyl (C=O) groups is 1. The molecule has 0 atom stereocenters. The van der Waals surface area contributed by atoms with E-state index in [0.717, 1.165) is 65.4 Å². The molecule has 3 aliphatic rings. The van der Waals surface area contributed by atoms with Gasteiger partial charge in [0.25, 0.3) is 0 Å². The van der Waals surface area contributed by atoms with Gasteiger partial charge in [0, 0.05) is 61.1 Å². The monoisotopic (exact) mass is 613 g/mol. The summed E-state index contributed by atoms with van der Waals surface area (Å²) in [4.78, 5) is 36.3. The van der Waals surface area contributed by atoms with Gasteiger partial charge in [-0.05, 0) is 59.7 Å². The van der Waals surface area contributed by atoms with Gasteiger partial charge in [0.05, 0.1) is 24.9 Å². The lowest BCUT2D eigenvalue weighted by molar-refractivity contribution is 0.00843. The number of benzene rings is 2. The molecule has 8 rings (SSSR count). The molecule has 1 N–H and O–H groups in total. The van der Waals surface area contributed by atoms with Crippen molar-refractivity contribution in [3.8, 4) is 11.4 Å². The van der Waals surface area contributed by atoms with Gasteiger partial charge in [0.15, 0.2) is 5.82 Å². The number of carbonyl (C=O) groups excluding carboxylic acids is 1. The maximum absolute atomic E-state index is 12.9. The summed E-state index contributed by atoms with van der Waals surface area (Å²) in [6, 6.07) is 22.1. The summed E-state index contributed by atoms with van der Waals surface area (Å²) < 4.78 is 10.9. The van der Waals surface area contributed by atoms with Crippen molar-refractivity contribution in [1.82, 2.24) is 24.8 Å². The largest absolute Gasteiger partial charge is 0.445 e. The number of nitrogens with one attached hydrogen (secondary N) is 1. The second kappa shape index (κ2) is 12.4. The van der Waals surface area contributed by atoms with Gasteiger partial charge in [-0.15, -0.1) is 0 Å². The van der Waals surface area contributed by atoms with E-state index in [0.29, 0.717) is 43.8 Å². The van der Waals surface area contributed by atoms with Crippen LogP contribution in [0.4, 0.5) is 22.1 Å². The lowest BCUT2D eigenvalue weighted by Crippen LogP contribution is -2.49. The number of nitrogens with zero attached hydrogens (tertiary/aromatic N) is 6. The highest BCUT2D eigenvalue weighted by Gasteiger charge is 2.31. The number of fused-ring (bicyclic) bond motifs is 1. The van der Waals surface area contributed by atoms with Gasteiger partial charge in [-0.2, -0.15) is 0 Å². The van der Waals surface area contributed by atoms with E-state index in [1.807, 2.05) is 54.9 Å². The molecule has 10 heteroatoms. The summed E-state index contributed by atoms with van der Waals surface area (Å²) in [5, 5.41) is 4.49. The van der Waals surface area contributed by atoms with Crippen LogP contribution in [0.15, 0.2) is 85.3 Å². The second-order valence-electron chi connectivity index (χ2n) is 12.2. The Labute approximate surface area is 267 Å². The first-order chi connectivity index (χ1) is 22.7. The van der Waals surface area contributed by atoms with Gasteiger partial charge >= 0.3 is 6.09 Å². The molecule has 1 saturated carbocycles.